The minimum atomic E-state index is -0.140. The van der Waals surface area contributed by atoms with Crippen LogP contribution in [0.4, 0.5) is 0 Å². The Kier molecular flexibility index (Phi) is 4.38. The zero-order valence-corrected chi connectivity index (χ0v) is 11.3. The van der Waals surface area contributed by atoms with Crippen molar-refractivity contribution in [3.05, 3.63) is 0 Å². The fraction of sp³-hybridized carbons (Fsp3) is 0.929. The van der Waals surface area contributed by atoms with Crippen molar-refractivity contribution in [1.29, 1.82) is 5.26 Å². The number of hydrogen-bond donors (Lipinski definition) is 1. The first-order valence-electron chi connectivity index (χ1n) is 6.49. The van der Waals surface area contributed by atoms with Crippen molar-refractivity contribution in [1.82, 2.24) is 5.32 Å². The molecule has 92 valence electrons. The first kappa shape index (κ1) is 13.5. The molecule has 1 unspecified atom stereocenters. The van der Waals surface area contributed by atoms with Crippen LogP contribution in [0.25, 0.3) is 0 Å². The molecule has 0 aromatic heterocycles. The lowest BCUT2D eigenvalue weighted by Crippen LogP contribution is -2.20. The maximum absolute atomic E-state index is 8.87. The molecule has 1 saturated carbocycles. The van der Waals surface area contributed by atoms with Crippen LogP contribution in [0.1, 0.15) is 53.4 Å². The summed E-state index contributed by atoms with van der Waals surface area (Å²) in [4.78, 5) is 0. The number of nitrogens with zero attached hydrogens (tertiary/aromatic N) is 1. The Bertz CT molecular complexity index is 260. The Morgan fingerprint density at radius 2 is 2.00 bits per heavy atom. The minimum absolute atomic E-state index is 0.140. The molecule has 1 aliphatic carbocycles. The van der Waals surface area contributed by atoms with Crippen molar-refractivity contribution >= 4 is 0 Å². The van der Waals surface area contributed by atoms with Crippen LogP contribution >= 0.6 is 0 Å². The molecule has 16 heavy (non-hydrogen) atoms. The fourth-order valence-electron chi connectivity index (χ4n) is 2.07. The Morgan fingerprint density at radius 1 is 1.38 bits per heavy atom. The number of nitriles is 1. The van der Waals surface area contributed by atoms with Gasteiger partial charge < -0.3 is 5.32 Å². The van der Waals surface area contributed by atoms with E-state index in [1.165, 1.54) is 19.4 Å². The van der Waals surface area contributed by atoms with E-state index in [4.69, 9.17) is 5.26 Å². The predicted molar refractivity (Wildman–Crippen MR) is 68.0 cm³/mol. The summed E-state index contributed by atoms with van der Waals surface area (Å²) >= 11 is 0. The third kappa shape index (κ3) is 4.53. The lowest BCUT2D eigenvalue weighted by molar-refractivity contribution is 0.419. The van der Waals surface area contributed by atoms with E-state index < -0.39 is 0 Å². The van der Waals surface area contributed by atoms with E-state index in [2.05, 4.69) is 25.2 Å². The van der Waals surface area contributed by atoms with Gasteiger partial charge in [-0.15, -0.1) is 0 Å². The molecule has 2 nitrogen and oxygen atoms in total. The molecule has 1 N–H and O–H groups in total. The molecule has 0 heterocycles. The highest BCUT2D eigenvalue weighted by atomic mass is 14.9. The summed E-state index contributed by atoms with van der Waals surface area (Å²) in [5, 5.41) is 12.4. The summed E-state index contributed by atoms with van der Waals surface area (Å²) in [7, 11) is 0. The van der Waals surface area contributed by atoms with Gasteiger partial charge in [0.25, 0.3) is 0 Å². The average Bonchev–Trinajstić information content (AvgIpc) is 2.80. The van der Waals surface area contributed by atoms with Crippen molar-refractivity contribution in [3.8, 4) is 6.07 Å². The summed E-state index contributed by atoms with van der Waals surface area (Å²) in [6.45, 7) is 11.0. The van der Waals surface area contributed by atoms with Crippen LogP contribution in [0, 0.1) is 28.1 Å². The number of nitrogens with one attached hydrogen (secondary N) is 1. The molecular formula is C14H26N2. The number of rotatable bonds is 7. The molecule has 2 heteroatoms. The van der Waals surface area contributed by atoms with Gasteiger partial charge in [-0.05, 0) is 57.5 Å². The first-order chi connectivity index (χ1) is 7.37. The first-order valence-corrected chi connectivity index (χ1v) is 6.49. The third-order valence-electron chi connectivity index (χ3n) is 3.82. The normalized spacial score (nSPS) is 22.8. The van der Waals surface area contributed by atoms with Gasteiger partial charge in [-0.2, -0.15) is 5.26 Å². The average molecular weight is 222 g/mol. The third-order valence-corrected chi connectivity index (χ3v) is 3.82. The quantitative estimate of drug-likeness (QED) is 0.671. The maximum Gasteiger partial charge on any atom is 0.0683 e. The highest BCUT2D eigenvalue weighted by Crippen LogP contribution is 2.50. The van der Waals surface area contributed by atoms with E-state index in [1.54, 1.807) is 0 Å². The van der Waals surface area contributed by atoms with E-state index in [1.807, 2.05) is 13.8 Å². The van der Waals surface area contributed by atoms with Gasteiger partial charge in [0, 0.05) is 0 Å². The molecule has 0 aliphatic heterocycles. The summed E-state index contributed by atoms with van der Waals surface area (Å²) in [5.41, 5.74) is 0.453. The van der Waals surface area contributed by atoms with Crippen LogP contribution in [-0.2, 0) is 0 Å². The molecule has 0 radical (unpaired) electrons. The molecule has 1 rings (SSSR count). The minimum Gasteiger partial charge on any atom is -0.316 e. The van der Waals surface area contributed by atoms with Crippen molar-refractivity contribution in [3.63, 3.8) is 0 Å². The lowest BCUT2D eigenvalue weighted by atomic mass is 9.89. The zero-order chi connectivity index (χ0) is 12.2. The maximum atomic E-state index is 8.87. The molecule has 0 aromatic rings. The van der Waals surface area contributed by atoms with Crippen LogP contribution < -0.4 is 5.32 Å². The molecule has 1 aliphatic rings. The van der Waals surface area contributed by atoms with Gasteiger partial charge in [-0.1, -0.05) is 20.3 Å². The molecule has 0 saturated heterocycles. The molecule has 0 aromatic carbocycles. The van der Waals surface area contributed by atoms with Crippen LogP contribution in [0.15, 0.2) is 0 Å². The lowest BCUT2D eigenvalue weighted by Gasteiger charge is -2.14. The molecule has 1 fully saturated rings. The van der Waals surface area contributed by atoms with E-state index in [9.17, 15) is 0 Å². The van der Waals surface area contributed by atoms with Gasteiger partial charge in [-0.25, -0.2) is 0 Å². The molecule has 0 amide bonds. The molecule has 0 bridgehead atoms. The molecule has 0 spiro atoms. The van der Waals surface area contributed by atoms with E-state index in [0.717, 1.165) is 25.3 Å². The molecule has 1 atom stereocenters. The molecular weight excluding hydrogens is 196 g/mol. The van der Waals surface area contributed by atoms with Crippen LogP contribution in [-0.4, -0.2) is 13.1 Å². The van der Waals surface area contributed by atoms with Crippen LogP contribution in [0.2, 0.25) is 0 Å². The number of hydrogen-bond acceptors (Lipinski definition) is 2. The fourth-order valence-corrected chi connectivity index (χ4v) is 2.07. The van der Waals surface area contributed by atoms with Crippen LogP contribution in [0.3, 0.4) is 0 Å². The predicted octanol–water partition coefficient (Wildman–Crippen LogP) is 3.34. The zero-order valence-electron chi connectivity index (χ0n) is 11.3. The second-order valence-electron chi connectivity index (χ2n) is 6.55. The van der Waals surface area contributed by atoms with Gasteiger partial charge >= 0.3 is 0 Å². The standard InChI is InChI=1S/C14H26N2/c1-13(2,11-15)7-5-6-8-16-10-12-9-14(12,3)4/h12,16H,5-10H2,1-4H3. The second kappa shape index (κ2) is 5.19. The highest BCUT2D eigenvalue weighted by Gasteiger charge is 2.44. The van der Waals surface area contributed by atoms with Crippen molar-refractivity contribution in [2.75, 3.05) is 13.1 Å². The Morgan fingerprint density at radius 3 is 2.50 bits per heavy atom. The van der Waals surface area contributed by atoms with E-state index >= 15 is 0 Å². The topological polar surface area (TPSA) is 35.8 Å². The monoisotopic (exact) mass is 222 g/mol. The highest BCUT2D eigenvalue weighted by molar-refractivity contribution is 4.96. The van der Waals surface area contributed by atoms with Crippen LogP contribution in [0.5, 0.6) is 0 Å². The second-order valence-corrected chi connectivity index (χ2v) is 6.55. The van der Waals surface area contributed by atoms with Gasteiger partial charge in [0.05, 0.1) is 11.5 Å². The van der Waals surface area contributed by atoms with Crippen molar-refractivity contribution < 1.29 is 0 Å². The summed E-state index contributed by atoms with van der Waals surface area (Å²) < 4.78 is 0. The van der Waals surface area contributed by atoms with Crippen molar-refractivity contribution in [2.24, 2.45) is 16.7 Å². The van der Waals surface area contributed by atoms with E-state index in [-0.39, 0.29) is 5.41 Å². The largest absolute Gasteiger partial charge is 0.316 e. The Hall–Kier alpha value is -0.550. The van der Waals surface area contributed by atoms with Gasteiger partial charge in [0.1, 0.15) is 0 Å². The van der Waals surface area contributed by atoms with Gasteiger partial charge in [0.2, 0.25) is 0 Å². The summed E-state index contributed by atoms with van der Waals surface area (Å²) in [6.07, 6.45) is 4.74. The summed E-state index contributed by atoms with van der Waals surface area (Å²) in [5.74, 6) is 0.892. The van der Waals surface area contributed by atoms with E-state index in [0.29, 0.717) is 5.41 Å². The summed E-state index contributed by atoms with van der Waals surface area (Å²) in [6, 6.07) is 2.35. The van der Waals surface area contributed by atoms with Crippen molar-refractivity contribution in [2.45, 2.75) is 53.4 Å². The number of unbranched alkanes of at least 4 members (excludes halogenated alkanes) is 1. The Balaban J connectivity index is 1.92. The van der Waals surface area contributed by atoms with Gasteiger partial charge in [-0.3, -0.25) is 0 Å². The van der Waals surface area contributed by atoms with Gasteiger partial charge in [0.15, 0.2) is 0 Å². The Labute approximate surface area is 100 Å². The smallest absolute Gasteiger partial charge is 0.0683 e. The SMILES string of the molecule is CC(C)(C#N)CCCCNCC1CC1(C)C.